The molecule has 2 N–H and O–H groups in total. The Morgan fingerprint density at radius 1 is 1.50 bits per heavy atom. The van der Waals surface area contributed by atoms with Crippen molar-refractivity contribution in [2.24, 2.45) is 5.92 Å². The summed E-state index contributed by atoms with van der Waals surface area (Å²) in [6, 6.07) is 5.88. The quantitative estimate of drug-likeness (QED) is 0.805. The highest BCUT2D eigenvalue weighted by atomic mass is 16.3. The van der Waals surface area contributed by atoms with Gasteiger partial charge in [-0.05, 0) is 25.0 Å². The van der Waals surface area contributed by atoms with E-state index >= 15 is 0 Å². The number of rotatable bonds is 3. The van der Waals surface area contributed by atoms with Crippen molar-refractivity contribution in [3.63, 3.8) is 0 Å². The van der Waals surface area contributed by atoms with Crippen molar-refractivity contribution in [3.8, 4) is 6.07 Å². The van der Waals surface area contributed by atoms with Gasteiger partial charge in [0.15, 0.2) is 0 Å². The zero-order valence-corrected chi connectivity index (χ0v) is 9.06. The lowest BCUT2D eigenvalue weighted by atomic mass is 10.1. The second-order valence-corrected chi connectivity index (χ2v) is 4.17. The number of aromatic nitrogens is 1. The van der Waals surface area contributed by atoms with Crippen LogP contribution >= 0.6 is 0 Å². The Balaban J connectivity index is 2.00. The van der Waals surface area contributed by atoms with E-state index in [1.807, 2.05) is 12.1 Å². The second-order valence-electron chi connectivity index (χ2n) is 4.17. The van der Waals surface area contributed by atoms with Gasteiger partial charge < -0.3 is 10.4 Å². The van der Waals surface area contributed by atoms with Crippen molar-refractivity contribution in [2.75, 3.05) is 11.9 Å². The van der Waals surface area contributed by atoms with Crippen molar-refractivity contribution in [1.82, 2.24) is 4.98 Å². The summed E-state index contributed by atoms with van der Waals surface area (Å²) in [6.07, 6.45) is 5.00. The molecule has 0 bridgehead atoms. The molecule has 0 unspecified atom stereocenters. The summed E-state index contributed by atoms with van der Waals surface area (Å²) in [6.45, 7) is 0.237. The molecule has 2 rings (SSSR count). The first kappa shape index (κ1) is 10.9. The van der Waals surface area contributed by atoms with Crippen molar-refractivity contribution < 1.29 is 5.11 Å². The number of pyridine rings is 1. The zero-order chi connectivity index (χ0) is 11.4. The van der Waals surface area contributed by atoms with Crippen molar-refractivity contribution >= 4 is 5.69 Å². The van der Waals surface area contributed by atoms with Crippen LogP contribution in [0.5, 0.6) is 0 Å². The number of nitrogens with zero attached hydrogens (tertiary/aromatic N) is 2. The average Bonchev–Trinajstić information content (AvgIpc) is 2.77. The highest BCUT2D eigenvalue weighted by Crippen LogP contribution is 2.27. The maximum absolute atomic E-state index is 9.20. The van der Waals surface area contributed by atoms with Crippen LogP contribution in [0.3, 0.4) is 0 Å². The van der Waals surface area contributed by atoms with E-state index in [9.17, 15) is 5.11 Å². The first-order chi connectivity index (χ1) is 7.83. The summed E-state index contributed by atoms with van der Waals surface area (Å²) in [5, 5.41) is 21.2. The van der Waals surface area contributed by atoms with Crippen molar-refractivity contribution in [1.29, 1.82) is 5.26 Å². The van der Waals surface area contributed by atoms with Gasteiger partial charge in [0.25, 0.3) is 0 Å². The Bertz CT molecular complexity index is 382. The first-order valence-corrected chi connectivity index (χ1v) is 5.57. The number of nitrogens with one attached hydrogen (secondary N) is 1. The van der Waals surface area contributed by atoms with E-state index in [2.05, 4.69) is 10.3 Å². The summed E-state index contributed by atoms with van der Waals surface area (Å²) >= 11 is 0. The van der Waals surface area contributed by atoms with E-state index in [1.165, 1.54) is 0 Å². The largest absolute Gasteiger partial charge is 0.396 e. The minimum absolute atomic E-state index is 0.237. The third kappa shape index (κ3) is 2.31. The van der Waals surface area contributed by atoms with Crippen LogP contribution in [0.2, 0.25) is 0 Å². The Hall–Kier alpha value is -1.60. The Morgan fingerprint density at radius 2 is 2.38 bits per heavy atom. The molecule has 1 aliphatic rings. The molecule has 84 valence electrons. The topological polar surface area (TPSA) is 68.9 Å². The number of hydrogen-bond acceptors (Lipinski definition) is 4. The summed E-state index contributed by atoms with van der Waals surface area (Å²) in [5.41, 5.74) is 1.35. The van der Waals surface area contributed by atoms with Crippen LogP contribution in [0.15, 0.2) is 18.3 Å². The molecule has 0 spiro atoms. The molecule has 1 heterocycles. The number of aliphatic hydroxyl groups is 1. The fourth-order valence-electron chi connectivity index (χ4n) is 2.20. The van der Waals surface area contributed by atoms with Crippen LogP contribution in [-0.2, 0) is 0 Å². The molecule has 1 aromatic rings. The number of nitriles is 1. The lowest BCUT2D eigenvalue weighted by Crippen LogP contribution is -2.26. The van der Waals surface area contributed by atoms with Crippen LogP contribution in [0.4, 0.5) is 5.69 Å². The number of hydrogen-bond donors (Lipinski definition) is 2. The van der Waals surface area contributed by atoms with Gasteiger partial charge in [-0.1, -0.05) is 6.42 Å². The van der Waals surface area contributed by atoms with Gasteiger partial charge in [-0.15, -0.1) is 0 Å². The zero-order valence-electron chi connectivity index (χ0n) is 9.06. The minimum atomic E-state index is 0.237. The SMILES string of the molecule is N#Cc1ccc(N[C@H]2CCC[C@@H]2CO)cn1. The van der Waals surface area contributed by atoms with Crippen LogP contribution in [0, 0.1) is 17.2 Å². The molecule has 1 aliphatic carbocycles. The van der Waals surface area contributed by atoms with E-state index < -0.39 is 0 Å². The summed E-state index contributed by atoms with van der Waals surface area (Å²) in [5.74, 6) is 0.343. The van der Waals surface area contributed by atoms with E-state index in [1.54, 1.807) is 12.3 Å². The van der Waals surface area contributed by atoms with Gasteiger partial charge in [-0.2, -0.15) is 5.26 Å². The summed E-state index contributed by atoms with van der Waals surface area (Å²) in [7, 11) is 0. The Kier molecular flexibility index (Phi) is 3.37. The molecule has 1 saturated carbocycles. The van der Waals surface area contributed by atoms with Gasteiger partial charge in [-0.25, -0.2) is 4.98 Å². The van der Waals surface area contributed by atoms with Crippen molar-refractivity contribution in [3.05, 3.63) is 24.0 Å². The van der Waals surface area contributed by atoms with Gasteiger partial charge in [0.1, 0.15) is 11.8 Å². The molecule has 16 heavy (non-hydrogen) atoms. The predicted octanol–water partition coefficient (Wildman–Crippen LogP) is 1.53. The fourth-order valence-corrected chi connectivity index (χ4v) is 2.20. The standard InChI is InChI=1S/C12H15N3O/c13-6-10-4-5-11(7-14-10)15-12-3-1-2-9(12)8-16/h4-5,7,9,12,15-16H,1-3,8H2/t9-,12+/m1/s1. The Labute approximate surface area is 94.9 Å². The molecular formula is C12H15N3O. The highest BCUT2D eigenvalue weighted by molar-refractivity contribution is 5.43. The average molecular weight is 217 g/mol. The normalized spacial score (nSPS) is 24.0. The molecular weight excluding hydrogens is 202 g/mol. The lowest BCUT2D eigenvalue weighted by Gasteiger charge is -2.19. The summed E-state index contributed by atoms with van der Waals surface area (Å²) in [4.78, 5) is 4.00. The van der Waals surface area contributed by atoms with Crippen molar-refractivity contribution in [2.45, 2.75) is 25.3 Å². The maximum Gasteiger partial charge on any atom is 0.140 e. The van der Waals surface area contributed by atoms with Gasteiger partial charge in [0, 0.05) is 18.6 Å². The van der Waals surface area contributed by atoms with E-state index in [4.69, 9.17) is 5.26 Å². The lowest BCUT2D eigenvalue weighted by molar-refractivity contribution is 0.222. The molecule has 0 aliphatic heterocycles. The Morgan fingerprint density at radius 3 is 3.00 bits per heavy atom. The first-order valence-electron chi connectivity index (χ1n) is 5.57. The smallest absolute Gasteiger partial charge is 0.140 e. The second kappa shape index (κ2) is 4.95. The molecule has 0 saturated heterocycles. The van der Waals surface area contributed by atoms with Crippen LogP contribution in [-0.4, -0.2) is 22.7 Å². The van der Waals surface area contributed by atoms with E-state index in [0.29, 0.717) is 17.7 Å². The maximum atomic E-state index is 9.20. The minimum Gasteiger partial charge on any atom is -0.396 e. The molecule has 1 aromatic heterocycles. The highest BCUT2D eigenvalue weighted by Gasteiger charge is 2.26. The van der Waals surface area contributed by atoms with Crippen LogP contribution in [0.1, 0.15) is 25.0 Å². The summed E-state index contributed by atoms with van der Waals surface area (Å²) < 4.78 is 0. The van der Waals surface area contributed by atoms with Gasteiger partial charge >= 0.3 is 0 Å². The van der Waals surface area contributed by atoms with E-state index in [-0.39, 0.29) is 6.61 Å². The third-order valence-electron chi connectivity index (χ3n) is 3.12. The molecule has 0 radical (unpaired) electrons. The molecule has 2 atom stereocenters. The van der Waals surface area contributed by atoms with Crippen LogP contribution in [0.25, 0.3) is 0 Å². The third-order valence-corrected chi connectivity index (χ3v) is 3.12. The van der Waals surface area contributed by atoms with Crippen LogP contribution < -0.4 is 5.32 Å². The van der Waals surface area contributed by atoms with Gasteiger partial charge in [0.2, 0.25) is 0 Å². The number of aliphatic hydroxyl groups excluding tert-OH is 1. The fraction of sp³-hybridized carbons (Fsp3) is 0.500. The molecule has 4 heteroatoms. The molecule has 0 amide bonds. The molecule has 1 fully saturated rings. The predicted molar refractivity (Wildman–Crippen MR) is 60.8 cm³/mol. The molecule has 0 aromatic carbocycles. The number of anilines is 1. The molecule has 4 nitrogen and oxygen atoms in total. The van der Waals surface area contributed by atoms with Gasteiger partial charge in [-0.3, -0.25) is 0 Å². The van der Waals surface area contributed by atoms with Gasteiger partial charge in [0.05, 0.1) is 11.9 Å². The monoisotopic (exact) mass is 217 g/mol. The van der Waals surface area contributed by atoms with E-state index in [0.717, 1.165) is 24.9 Å².